The largest absolute Gasteiger partial charge is 0.494 e. The van der Waals surface area contributed by atoms with E-state index in [1.54, 1.807) is 48.5 Å². The third-order valence-corrected chi connectivity index (χ3v) is 3.98. The SMILES string of the molecule is CCCOc1ccc(C(=O)Oc2ccc(-c3ccc(C#N)cc3)cc2)cc1. The van der Waals surface area contributed by atoms with Crippen molar-refractivity contribution in [2.24, 2.45) is 0 Å². The van der Waals surface area contributed by atoms with E-state index in [0.29, 0.717) is 23.5 Å². The van der Waals surface area contributed by atoms with Crippen LogP contribution in [0.2, 0.25) is 0 Å². The van der Waals surface area contributed by atoms with Crippen molar-refractivity contribution in [2.45, 2.75) is 13.3 Å². The van der Waals surface area contributed by atoms with Gasteiger partial charge in [-0.2, -0.15) is 5.26 Å². The van der Waals surface area contributed by atoms with Gasteiger partial charge in [0.2, 0.25) is 0 Å². The van der Waals surface area contributed by atoms with E-state index in [1.807, 2.05) is 31.2 Å². The Balaban J connectivity index is 1.65. The van der Waals surface area contributed by atoms with Crippen LogP contribution >= 0.6 is 0 Å². The Morgan fingerprint density at radius 2 is 1.41 bits per heavy atom. The molecular weight excluding hydrogens is 338 g/mol. The van der Waals surface area contributed by atoms with Crippen LogP contribution < -0.4 is 9.47 Å². The number of hydrogen-bond donors (Lipinski definition) is 0. The summed E-state index contributed by atoms with van der Waals surface area (Å²) in [5.74, 6) is 0.798. The van der Waals surface area contributed by atoms with Crippen LogP contribution in [0, 0.1) is 11.3 Å². The Labute approximate surface area is 158 Å². The van der Waals surface area contributed by atoms with Crippen LogP contribution in [0.5, 0.6) is 11.5 Å². The fourth-order valence-electron chi connectivity index (χ4n) is 2.53. The van der Waals surface area contributed by atoms with Gasteiger partial charge in [-0.15, -0.1) is 0 Å². The molecule has 4 nitrogen and oxygen atoms in total. The molecule has 0 saturated carbocycles. The fraction of sp³-hybridized carbons (Fsp3) is 0.130. The maximum Gasteiger partial charge on any atom is 0.343 e. The van der Waals surface area contributed by atoms with Crippen LogP contribution in [0.25, 0.3) is 11.1 Å². The van der Waals surface area contributed by atoms with E-state index in [2.05, 4.69) is 6.07 Å². The zero-order valence-corrected chi connectivity index (χ0v) is 15.0. The number of benzene rings is 3. The minimum Gasteiger partial charge on any atom is -0.494 e. The van der Waals surface area contributed by atoms with Crippen LogP contribution in [0.15, 0.2) is 72.8 Å². The second-order valence-electron chi connectivity index (χ2n) is 5.98. The molecule has 0 N–H and O–H groups in total. The molecule has 0 unspecified atom stereocenters. The van der Waals surface area contributed by atoms with Gasteiger partial charge in [-0.3, -0.25) is 0 Å². The lowest BCUT2D eigenvalue weighted by Gasteiger charge is -2.08. The van der Waals surface area contributed by atoms with E-state index in [-0.39, 0.29) is 0 Å². The van der Waals surface area contributed by atoms with E-state index < -0.39 is 5.97 Å². The molecule has 0 radical (unpaired) electrons. The van der Waals surface area contributed by atoms with Crippen molar-refractivity contribution in [1.82, 2.24) is 0 Å². The Kier molecular flexibility index (Phi) is 5.86. The van der Waals surface area contributed by atoms with Crippen molar-refractivity contribution < 1.29 is 14.3 Å². The Morgan fingerprint density at radius 1 is 0.852 bits per heavy atom. The summed E-state index contributed by atoms with van der Waals surface area (Å²) >= 11 is 0. The number of carbonyl (C=O) groups is 1. The summed E-state index contributed by atoms with van der Waals surface area (Å²) in [6.07, 6.45) is 0.933. The van der Waals surface area contributed by atoms with Gasteiger partial charge in [-0.05, 0) is 66.1 Å². The first-order valence-electron chi connectivity index (χ1n) is 8.75. The van der Waals surface area contributed by atoms with Crippen molar-refractivity contribution in [3.8, 4) is 28.7 Å². The van der Waals surface area contributed by atoms with Gasteiger partial charge >= 0.3 is 5.97 Å². The average molecular weight is 357 g/mol. The van der Waals surface area contributed by atoms with Gasteiger partial charge in [-0.25, -0.2) is 4.79 Å². The first-order valence-corrected chi connectivity index (χ1v) is 8.75. The summed E-state index contributed by atoms with van der Waals surface area (Å²) in [5, 5.41) is 8.86. The third-order valence-electron chi connectivity index (χ3n) is 3.98. The highest BCUT2D eigenvalue weighted by Gasteiger charge is 2.09. The quantitative estimate of drug-likeness (QED) is 0.447. The summed E-state index contributed by atoms with van der Waals surface area (Å²) in [7, 11) is 0. The second kappa shape index (κ2) is 8.68. The molecule has 0 saturated heterocycles. The molecular formula is C23H19NO3. The number of nitriles is 1. The first kappa shape index (κ1) is 18.2. The van der Waals surface area contributed by atoms with Crippen LogP contribution in [0.1, 0.15) is 29.3 Å². The smallest absolute Gasteiger partial charge is 0.343 e. The highest BCUT2D eigenvalue weighted by molar-refractivity contribution is 5.91. The second-order valence-corrected chi connectivity index (χ2v) is 5.98. The van der Waals surface area contributed by atoms with E-state index in [4.69, 9.17) is 14.7 Å². The molecule has 0 aliphatic heterocycles. The number of carbonyl (C=O) groups excluding carboxylic acids is 1. The van der Waals surface area contributed by atoms with E-state index in [1.165, 1.54) is 0 Å². The molecule has 27 heavy (non-hydrogen) atoms. The van der Waals surface area contributed by atoms with Crippen LogP contribution in [-0.2, 0) is 0 Å². The Morgan fingerprint density at radius 3 is 1.96 bits per heavy atom. The maximum absolute atomic E-state index is 12.3. The van der Waals surface area contributed by atoms with Crippen molar-refractivity contribution in [1.29, 1.82) is 5.26 Å². The first-order chi connectivity index (χ1) is 13.2. The van der Waals surface area contributed by atoms with Crippen molar-refractivity contribution in [3.63, 3.8) is 0 Å². The zero-order chi connectivity index (χ0) is 19.1. The van der Waals surface area contributed by atoms with Gasteiger partial charge in [-0.1, -0.05) is 31.2 Å². The van der Waals surface area contributed by atoms with E-state index in [9.17, 15) is 4.79 Å². The zero-order valence-electron chi connectivity index (χ0n) is 15.0. The summed E-state index contributed by atoms with van der Waals surface area (Å²) in [5.41, 5.74) is 3.07. The van der Waals surface area contributed by atoms with Gasteiger partial charge in [0.1, 0.15) is 11.5 Å². The summed E-state index contributed by atoms with van der Waals surface area (Å²) in [6, 6.07) is 23.6. The van der Waals surface area contributed by atoms with Crippen molar-refractivity contribution >= 4 is 5.97 Å². The lowest BCUT2D eigenvalue weighted by molar-refractivity contribution is 0.0734. The maximum atomic E-state index is 12.3. The Bertz CT molecular complexity index is 937. The minimum atomic E-state index is -0.414. The summed E-state index contributed by atoms with van der Waals surface area (Å²) < 4.78 is 10.9. The van der Waals surface area contributed by atoms with Crippen LogP contribution in [-0.4, -0.2) is 12.6 Å². The molecule has 0 bridgehead atoms. The lowest BCUT2D eigenvalue weighted by Crippen LogP contribution is -2.08. The molecule has 3 rings (SSSR count). The molecule has 0 fully saturated rings. The Hall–Kier alpha value is -3.58. The molecule has 0 atom stereocenters. The number of esters is 1. The van der Waals surface area contributed by atoms with Crippen LogP contribution in [0.4, 0.5) is 0 Å². The molecule has 4 heteroatoms. The van der Waals surface area contributed by atoms with Gasteiger partial charge in [0.05, 0.1) is 23.8 Å². The fourth-order valence-corrected chi connectivity index (χ4v) is 2.53. The highest BCUT2D eigenvalue weighted by atomic mass is 16.5. The molecule has 0 amide bonds. The molecule has 0 heterocycles. The molecule has 3 aromatic carbocycles. The van der Waals surface area contributed by atoms with Gasteiger partial charge in [0, 0.05) is 0 Å². The van der Waals surface area contributed by atoms with Crippen LogP contribution in [0.3, 0.4) is 0 Å². The molecule has 134 valence electrons. The number of hydrogen-bond acceptors (Lipinski definition) is 4. The minimum absolute atomic E-state index is 0.414. The lowest BCUT2D eigenvalue weighted by atomic mass is 10.0. The summed E-state index contributed by atoms with van der Waals surface area (Å²) in [6.45, 7) is 2.69. The van der Waals surface area contributed by atoms with Gasteiger partial charge in [0.25, 0.3) is 0 Å². The standard InChI is InChI=1S/C23H19NO3/c1-2-15-26-21-11-9-20(10-12-21)23(25)27-22-13-7-19(8-14-22)18-5-3-17(16-24)4-6-18/h3-14H,2,15H2,1H3. The molecule has 0 spiro atoms. The molecule has 0 aromatic heterocycles. The normalized spacial score (nSPS) is 10.1. The monoisotopic (exact) mass is 357 g/mol. The molecule has 3 aromatic rings. The summed E-state index contributed by atoms with van der Waals surface area (Å²) in [4.78, 5) is 12.3. The predicted octanol–water partition coefficient (Wildman–Crippen LogP) is 5.23. The number of nitrogens with zero attached hydrogens (tertiary/aromatic N) is 1. The van der Waals surface area contributed by atoms with Gasteiger partial charge < -0.3 is 9.47 Å². The van der Waals surface area contributed by atoms with E-state index in [0.717, 1.165) is 23.3 Å². The molecule has 0 aliphatic carbocycles. The topological polar surface area (TPSA) is 59.3 Å². The van der Waals surface area contributed by atoms with Crippen molar-refractivity contribution in [2.75, 3.05) is 6.61 Å². The third kappa shape index (κ3) is 4.74. The molecule has 0 aliphatic rings. The average Bonchev–Trinajstić information content (AvgIpc) is 2.73. The highest BCUT2D eigenvalue weighted by Crippen LogP contribution is 2.23. The predicted molar refractivity (Wildman–Crippen MR) is 104 cm³/mol. The number of ether oxygens (including phenoxy) is 2. The number of rotatable bonds is 6. The van der Waals surface area contributed by atoms with E-state index >= 15 is 0 Å². The van der Waals surface area contributed by atoms with Gasteiger partial charge in [0.15, 0.2) is 0 Å². The van der Waals surface area contributed by atoms with Crippen molar-refractivity contribution in [3.05, 3.63) is 83.9 Å².